The van der Waals surface area contributed by atoms with Crippen molar-refractivity contribution >= 4 is 11.9 Å². The van der Waals surface area contributed by atoms with Crippen LogP contribution in [-0.4, -0.2) is 42.8 Å². The maximum atomic E-state index is 11.6. The van der Waals surface area contributed by atoms with Crippen molar-refractivity contribution in [2.75, 3.05) is 13.7 Å². The summed E-state index contributed by atoms with van der Waals surface area (Å²) < 4.78 is 4.69. The zero-order valence-electron chi connectivity index (χ0n) is 9.05. The van der Waals surface area contributed by atoms with E-state index < -0.39 is 12.1 Å². The minimum atomic E-state index is -1.10. The first kappa shape index (κ1) is 12.7. The lowest BCUT2D eigenvalue weighted by Crippen LogP contribution is -2.40. The lowest BCUT2D eigenvalue weighted by atomic mass is 10.1. The van der Waals surface area contributed by atoms with E-state index in [0.29, 0.717) is 6.42 Å². The van der Waals surface area contributed by atoms with E-state index >= 15 is 0 Å². The molecule has 1 aliphatic carbocycles. The molecule has 3 unspecified atom stereocenters. The summed E-state index contributed by atoms with van der Waals surface area (Å²) in [6, 6.07) is -0.0894. The summed E-state index contributed by atoms with van der Waals surface area (Å²) in [5.41, 5.74) is 5.61. The van der Waals surface area contributed by atoms with Gasteiger partial charge in [-0.15, -0.1) is 0 Å². The zero-order chi connectivity index (χ0) is 12.1. The van der Waals surface area contributed by atoms with Crippen LogP contribution in [0.5, 0.6) is 0 Å². The molecule has 1 aliphatic rings. The Morgan fingerprint density at radius 1 is 1.62 bits per heavy atom. The van der Waals surface area contributed by atoms with Gasteiger partial charge in [0.15, 0.2) is 6.10 Å². The highest BCUT2D eigenvalue weighted by atomic mass is 16.5. The molecule has 0 heterocycles. The Balaban J connectivity index is 2.35. The topological polar surface area (TPSA) is 102 Å². The molecule has 0 aromatic rings. The summed E-state index contributed by atoms with van der Waals surface area (Å²) in [5, 5.41) is 11.2. The second-order valence-electron chi connectivity index (χ2n) is 3.70. The predicted octanol–water partition coefficient (Wildman–Crippen LogP) is -0.894. The standard InChI is InChI=1S/C10H16N2O4/c1-16-8(10(14)15)5-12-9(13)6-2-3-7(11)4-6/h2-3,6-8H,4-5,11H2,1H3,(H,12,13)(H,14,15). The molecular weight excluding hydrogens is 212 g/mol. The molecule has 0 fully saturated rings. The Hall–Kier alpha value is -1.40. The maximum absolute atomic E-state index is 11.6. The van der Waals surface area contributed by atoms with E-state index in [9.17, 15) is 9.59 Å². The molecule has 6 nitrogen and oxygen atoms in total. The number of aliphatic carboxylic acids is 1. The average Bonchev–Trinajstić information content (AvgIpc) is 2.65. The third-order valence-electron chi connectivity index (χ3n) is 2.48. The monoisotopic (exact) mass is 228 g/mol. The molecule has 16 heavy (non-hydrogen) atoms. The molecule has 90 valence electrons. The Labute approximate surface area is 93.4 Å². The maximum Gasteiger partial charge on any atom is 0.334 e. The second kappa shape index (κ2) is 5.62. The van der Waals surface area contributed by atoms with Crippen LogP contribution in [0.1, 0.15) is 6.42 Å². The van der Waals surface area contributed by atoms with Gasteiger partial charge in [-0.2, -0.15) is 0 Å². The fourth-order valence-corrected chi connectivity index (χ4v) is 1.52. The molecule has 0 saturated carbocycles. The second-order valence-corrected chi connectivity index (χ2v) is 3.70. The molecule has 6 heteroatoms. The van der Waals surface area contributed by atoms with Gasteiger partial charge in [-0.05, 0) is 6.42 Å². The number of amides is 1. The van der Waals surface area contributed by atoms with Gasteiger partial charge in [0.05, 0.1) is 12.5 Å². The number of nitrogens with two attached hydrogens (primary N) is 1. The molecule has 0 aromatic carbocycles. The van der Waals surface area contributed by atoms with E-state index in [1.165, 1.54) is 7.11 Å². The SMILES string of the molecule is COC(CNC(=O)C1C=CC(N)C1)C(=O)O. The summed E-state index contributed by atoms with van der Waals surface area (Å²) in [7, 11) is 1.29. The van der Waals surface area contributed by atoms with Crippen LogP contribution in [0.15, 0.2) is 12.2 Å². The molecule has 0 spiro atoms. The number of carboxylic acids is 1. The Bertz CT molecular complexity index is 303. The third-order valence-corrected chi connectivity index (χ3v) is 2.48. The van der Waals surface area contributed by atoms with Gasteiger partial charge in [-0.25, -0.2) is 4.79 Å². The Kier molecular flexibility index (Phi) is 4.45. The van der Waals surface area contributed by atoms with Crippen LogP contribution >= 0.6 is 0 Å². The summed E-state index contributed by atoms with van der Waals surface area (Å²) in [6.07, 6.45) is 3.07. The van der Waals surface area contributed by atoms with E-state index in [-0.39, 0.29) is 24.4 Å². The first-order valence-corrected chi connectivity index (χ1v) is 5.01. The fraction of sp³-hybridized carbons (Fsp3) is 0.600. The van der Waals surface area contributed by atoms with Gasteiger partial charge in [-0.1, -0.05) is 12.2 Å². The number of carbonyl (C=O) groups is 2. The van der Waals surface area contributed by atoms with Crippen molar-refractivity contribution in [3.8, 4) is 0 Å². The van der Waals surface area contributed by atoms with Crippen LogP contribution in [0.4, 0.5) is 0 Å². The lowest BCUT2D eigenvalue weighted by Gasteiger charge is -2.14. The first-order valence-electron chi connectivity index (χ1n) is 5.01. The molecule has 1 amide bonds. The van der Waals surface area contributed by atoms with Crippen LogP contribution in [0.25, 0.3) is 0 Å². The number of hydrogen-bond donors (Lipinski definition) is 3. The van der Waals surface area contributed by atoms with Crippen molar-refractivity contribution < 1.29 is 19.4 Å². The Morgan fingerprint density at radius 2 is 2.31 bits per heavy atom. The van der Waals surface area contributed by atoms with E-state index in [2.05, 4.69) is 10.1 Å². The highest BCUT2D eigenvalue weighted by Gasteiger charge is 2.24. The molecule has 1 rings (SSSR count). The average molecular weight is 228 g/mol. The summed E-state index contributed by atoms with van der Waals surface area (Å²) in [6.45, 7) is -0.0375. The summed E-state index contributed by atoms with van der Waals surface area (Å²) >= 11 is 0. The van der Waals surface area contributed by atoms with Crippen molar-refractivity contribution in [2.45, 2.75) is 18.6 Å². The van der Waals surface area contributed by atoms with Crippen LogP contribution in [0.2, 0.25) is 0 Å². The smallest absolute Gasteiger partial charge is 0.334 e. The highest BCUT2D eigenvalue weighted by Crippen LogP contribution is 2.16. The normalized spacial score (nSPS) is 25.4. The zero-order valence-corrected chi connectivity index (χ0v) is 9.05. The van der Waals surface area contributed by atoms with Crippen LogP contribution in [0.3, 0.4) is 0 Å². The van der Waals surface area contributed by atoms with E-state index in [0.717, 1.165) is 0 Å². The number of carbonyl (C=O) groups excluding carboxylic acids is 1. The molecule has 0 bridgehead atoms. The van der Waals surface area contributed by atoms with Crippen molar-refractivity contribution in [3.63, 3.8) is 0 Å². The number of nitrogens with one attached hydrogen (secondary N) is 1. The minimum Gasteiger partial charge on any atom is -0.479 e. The van der Waals surface area contributed by atoms with Gasteiger partial charge in [0.2, 0.25) is 5.91 Å². The summed E-state index contributed by atoms with van der Waals surface area (Å²) in [4.78, 5) is 22.2. The van der Waals surface area contributed by atoms with Gasteiger partial charge in [0.25, 0.3) is 0 Å². The predicted molar refractivity (Wildman–Crippen MR) is 56.7 cm³/mol. The number of hydrogen-bond acceptors (Lipinski definition) is 4. The van der Waals surface area contributed by atoms with Crippen molar-refractivity contribution in [1.29, 1.82) is 0 Å². The van der Waals surface area contributed by atoms with Crippen molar-refractivity contribution in [2.24, 2.45) is 11.7 Å². The van der Waals surface area contributed by atoms with Crippen LogP contribution < -0.4 is 11.1 Å². The first-order chi connectivity index (χ1) is 7.54. The van der Waals surface area contributed by atoms with Crippen LogP contribution in [-0.2, 0) is 14.3 Å². The van der Waals surface area contributed by atoms with Gasteiger partial charge in [0, 0.05) is 13.2 Å². The third kappa shape index (κ3) is 3.32. The van der Waals surface area contributed by atoms with E-state index in [1.807, 2.05) is 0 Å². The van der Waals surface area contributed by atoms with Gasteiger partial charge >= 0.3 is 5.97 Å². The molecule has 0 saturated heterocycles. The molecule has 0 aliphatic heterocycles. The molecule has 4 N–H and O–H groups in total. The molecular formula is C10H16N2O4. The summed E-state index contributed by atoms with van der Waals surface area (Å²) in [5.74, 6) is -1.57. The van der Waals surface area contributed by atoms with Crippen molar-refractivity contribution in [3.05, 3.63) is 12.2 Å². The number of carboxylic acid groups (broad SMARTS) is 1. The van der Waals surface area contributed by atoms with Crippen LogP contribution in [0, 0.1) is 5.92 Å². The molecule has 3 atom stereocenters. The largest absolute Gasteiger partial charge is 0.479 e. The Morgan fingerprint density at radius 3 is 2.75 bits per heavy atom. The van der Waals surface area contributed by atoms with Crippen molar-refractivity contribution in [1.82, 2.24) is 5.32 Å². The van der Waals surface area contributed by atoms with Gasteiger partial charge < -0.3 is 20.9 Å². The highest BCUT2D eigenvalue weighted by molar-refractivity contribution is 5.82. The lowest BCUT2D eigenvalue weighted by molar-refractivity contribution is -0.148. The number of ether oxygens (including phenoxy) is 1. The number of methoxy groups -OCH3 is 1. The van der Waals surface area contributed by atoms with E-state index in [1.54, 1.807) is 12.2 Å². The minimum absolute atomic E-state index is 0.0375. The van der Waals surface area contributed by atoms with E-state index in [4.69, 9.17) is 10.8 Å². The van der Waals surface area contributed by atoms with Gasteiger partial charge in [0.1, 0.15) is 0 Å². The fourth-order valence-electron chi connectivity index (χ4n) is 1.52. The quantitative estimate of drug-likeness (QED) is 0.530. The molecule has 0 radical (unpaired) electrons. The number of rotatable bonds is 5. The molecule has 0 aromatic heterocycles. The van der Waals surface area contributed by atoms with Gasteiger partial charge in [-0.3, -0.25) is 4.79 Å².